The summed E-state index contributed by atoms with van der Waals surface area (Å²) in [7, 11) is 3.70. The number of rotatable bonds is 6. The highest BCUT2D eigenvalue weighted by molar-refractivity contribution is 9.10. The van der Waals surface area contributed by atoms with Crippen molar-refractivity contribution in [2.24, 2.45) is 7.05 Å². The first-order valence-corrected chi connectivity index (χ1v) is 10.1. The van der Waals surface area contributed by atoms with Gasteiger partial charge in [0.25, 0.3) is 0 Å². The predicted octanol–water partition coefficient (Wildman–Crippen LogP) is 5.09. The maximum absolute atomic E-state index is 12.4. The van der Waals surface area contributed by atoms with E-state index in [2.05, 4.69) is 33.7 Å². The van der Waals surface area contributed by atoms with Gasteiger partial charge < -0.3 is 9.64 Å². The third kappa shape index (κ3) is 4.43. The fourth-order valence-electron chi connectivity index (χ4n) is 3.60. The highest BCUT2D eigenvalue weighted by atomic mass is 79.9. The number of aromatic nitrogens is 2. The van der Waals surface area contributed by atoms with Crippen molar-refractivity contribution in [2.45, 2.75) is 44.8 Å². The molecule has 0 saturated heterocycles. The number of allylic oxidation sites excluding steroid dienone is 1. The third-order valence-electron chi connectivity index (χ3n) is 5.28. The molecule has 0 unspecified atom stereocenters. The van der Waals surface area contributed by atoms with E-state index in [4.69, 9.17) is 4.74 Å². The smallest absolute Gasteiger partial charge is 0.410 e. The Morgan fingerprint density at radius 2 is 2.19 bits per heavy atom. The first-order valence-electron chi connectivity index (χ1n) is 9.31. The molecular weight excluding hydrogens is 406 g/mol. The summed E-state index contributed by atoms with van der Waals surface area (Å²) < 4.78 is 8.43. The molecule has 1 aliphatic carbocycles. The molecule has 5 nitrogen and oxygen atoms in total. The molecule has 1 fully saturated rings. The fraction of sp³-hybridized carbons (Fsp3) is 0.429. The molecule has 27 heavy (non-hydrogen) atoms. The Kier molecular flexibility index (Phi) is 6.37. The maximum atomic E-state index is 12.4. The fourth-order valence-corrected chi connectivity index (χ4v) is 4.01. The first-order chi connectivity index (χ1) is 13.0. The molecule has 1 heterocycles. The SMILES string of the molecule is C=CCc1cc(-c2cnn(C)c2COC(=O)N(C)C2CCCC2)ccc1Br. The Bertz CT molecular complexity index is 825. The van der Waals surface area contributed by atoms with Crippen LogP contribution < -0.4 is 0 Å². The van der Waals surface area contributed by atoms with Crippen molar-refractivity contribution in [3.05, 3.63) is 52.8 Å². The number of carbonyl (C=O) groups is 1. The average Bonchev–Trinajstić information content (AvgIpc) is 3.31. The number of benzene rings is 1. The molecule has 3 rings (SSSR count). The Morgan fingerprint density at radius 1 is 1.44 bits per heavy atom. The molecule has 0 radical (unpaired) electrons. The van der Waals surface area contributed by atoms with Crippen LogP contribution in [0, 0.1) is 0 Å². The number of hydrogen-bond donors (Lipinski definition) is 0. The van der Waals surface area contributed by atoms with E-state index in [9.17, 15) is 4.79 Å². The summed E-state index contributed by atoms with van der Waals surface area (Å²) in [5.74, 6) is 0. The lowest BCUT2D eigenvalue weighted by molar-refractivity contribution is 0.0899. The molecule has 1 aromatic carbocycles. The van der Waals surface area contributed by atoms with Gasteiger partial charge >= 0.3 is 6.09 Å². The second kappa shape index (κ2) is 8.74. The normalized spacial score (nSPS) is 14.3. The quantitative estimate of drug-likeness (QED) is 0.598. The molecule has 144 valence electrons. The van der Waals surface area contributed by atoms with Crippen molar-refractivity contribution in [1.82, 2.24) is 14.7 Å². The Hall–Kier alpha value is -2.08. The highest BCUT2D eigenvalue weighted by Crippen LogP contribution is 2.29. The van der Waals surface area contributed by atoms with Gasteiger partial charge in [0.15, 0.2) is 0 Å². The number of aryl methyl sites for hydroxylation is 1. The molecule has 6 heteroatoms. The monoisotopic (exact) mass is 431 g/mol. The summed E-state index contributed by atoms with van der Waals surface area (Å²) in [5, 5.41) is 4.37. The zero-order valence-electron chi connectivity index (χ0n) is 15.9. The Balaban J connectivity index is 1.76. The third-order valence-corrected chi connectivity index (χ3v) is 6.05. The van der Waals surface area contributed by atoms with Crippen LogP contribution in [0.25, 0.3) is 11.1 Å². The van der Waals surface area contributed by atoms with Crippen molar-refractivity contribution < 1.29 is 9.53 Å². The summed E-state index contributed by atoms with van der Waals surface area (Å²) >= 11 is 3.58. The largest absolute Gasteiger partial charge is 0.443 e. The predicted molar refractivity (Wildman–Crippen MR) is 110 cm³/mol. The van der Waals surface area contributed by atoms with Gasteiger partial charge in [-0.05, 0) is 42.5 Å². The maximum Gasteiger partial charge on any atom is 0.410 e. The molecule has 1 saturated carbocycles. The minimum atomic E-state index is -0.266. The van der Waals surface area contributed by atoms with Gasteiger partial charge in [0, 0.05) is 30.2 Å². The van der Waals surface area contributed by atoms with E-state index in [0.29, 0.717) is 6.04 Å². The lowest BCUT2D eigenvalue weighted by Crippen LogP contribution is -2.35. The van der Waals surface area contributed by atoms with Crippen LogP contribution in [0.2, 0.25) is 0 Å². The van der Waals surface area contributed by atoms with E-state index in [-0.39, 0.29) is 12.7 Å². The van der Waals surface area contributed by atoms with Crippen LogP contribution in [-0.4, -0.2) is 33.9 Å². The summed E-state index contributed by atoms with van der Waals surface area (Å²) in [5.41, 5.74) is 4.08. The van der Waals surface area contributed by atoms with E-state index in [0.717, 1.165) is 46.1 Å². The van der Waals surface area contributed by atoms with E-state index in [1.54, 1.807) is 9.58 Å². The first kappa shape index (κ1) is 19.7. The van der Waals surface area contributed by atoms with Crippen LogP contribution in [0.3, 0.4) is 0 Å². The van der Waals surface area contributed by atoms with Gasteiger partial charge in [0.2, 0.25) is 0 Å². The molecule has 0 bridgehead atoms. The summed E-state index contributed by atoms with van der Waals surface area (Å²) in [6, 6.07) is 6.50. The van der Waals surface area contributed by atoms with Crippen molar-refractivity contribution in [3.8, 4) is 11.1 Å². The van der Waals surface area contributed by atoms with Gasteiger partial charge in [0.05, 0.1) is 11.9 Å². The Labute approximate surface area is 169 Å². The van der Waals surface area contributed by atoms with Crippen LogP contribution in [0.4, 0.5) is 4.79 Å². The van der Waals surface area contributed by atoms with Crippen LogP contribution in [0.15, 0.2) is 41.5 Å². The number of nitrogens with zero attached hydrogens (tertiary/aromatic N) is 3. The van der Waals surface area contributed by atoms with Crippen molar-refractivity contribution in [3.63, 3.8) is 0 Å². The number of amides is 1. The van der Waals surface area contributed by atoms with Gasteiger partial charge in [-0.1, -0.05) is 40.9 Å². The van der Waals surface area contributed by atoms with Crippen LogP contribution in [0.1, 0.15) is 36.9 Å². The molecular formula is C21H26BrN3O2. The molecule has 0 spiro atoms. The number of halogens is 1. The van der Waals surface area contributed by atoms with Crippen molar-refractivity contribution >= 4 is 22.0 Å². The van der Waals surface area contributed by atoms with Crippen molar-refractivity contribution in [2.75, 3.05) is 7.05 Å². The summed E-state index contributed by atoms with van der Waals surface area (Å²) in [4.78, 5) is 14.2. The lowest BCUT2D eigenvalue weighted by atomic mass is 10.0. The lowest BCUT2D eigenvalue weighted by Gasteiger charge is -2.23. The second-order valence-corrected chi connectivity index (χ2v) is 7.89. The van der Waals surface area contributed by atoms with E-state index >= 15 is 0 Å². The molecule has 2 aromatic rings. The minimum absolute atomic E-state index is 0.203. The Morgan fingerprint density at radius 3 is 2.89 bits per heavy atom. The number of ether oxygens (including phenoxy) is 1. The molecule has 1 aromatic heterocycles. The molecule has 0 atom stereocenters. The summed E-state index contributed by atoms with van der Waals surface area (Å²) in [6.07, 6.45) is 8.72. The van der Waals surface area contributed by atoms with Gasteiger partial charge in [-0.15, -0.1) is 6.58 Å². The molecule has 0 aliphatic heterocycles. The molecule has 1 aliphatic rings. The minimum Gasteiger partial charge on any atom is -0.443 e. The van der Waals surface area contributed by atoms with Gasteiger partial charge in [-0.25, -0.2) is 4.79 Å². The van der Waals surface area contributed by atoms with Crippen LogP contribution in [0.5, 0.6) is 0 Å². The van der Waals surface area contributed by atoms with Gasteiger partial charge in [-0.2, -0.15) is 5.10 Å². The topological polar surface area (TPSA) is 47.4 Å². The zero-order chi connectivity index (χ0) is 19.4. The number of carbonyl (C=O) groups excluding carboxylic acids is 1. The van der Waals surface area contributed by atoms with Gasteiger partial charge in [-0.3, -0.25) is 4.68 Å². The van der Waals surface area contributed by atoms with E-state index < -0.39 is 0 Å². The molecule has 0 N–H and O–H groups in total. The molecule has 1 amide bonds. The summed E-state index contributed by atoms with van der Waals surface area (Å²) in [6.45, 7) is 4.02. The van der Waals surface area contributed by atoms with E-state index in [1.165, 1.54) is 12.8 Å². The van der Waals surface area contributed by atoms with Gasteiger partial charge in [0.1, 0.15) is 6.61 Å². The standard InChI is InChI=1S/C21H26BrN3O2/c1-4-7-16-12-15(10-11-19(16)22)18-13-23-25(3)20(18)14-27-21(26)24(2)17-8-5-6-9-17/h4,10-13,17H,1,5-9,14H2,2-3H3. The van der Waals surface area contributed by atoms with E-state index in [1.807, 2.05) is 38.5 Å². The number of hydrogen-bond acceptors (Lipinski definition) is 3. The highest BCUT2D eigenvalue weighted by Gasteiger charge is 2.25. The second-order valence-electron chi connectivity index (χ2n) is 7.03. The zero-order valence-corrected chi connectivity index (χ0v) is 17.5. The van der Waals surface area contributed by atoms with Crippen LogP contribution in [-0.2, 0) is 24.8 Å². The van der Waals surface area contributed by atoms with Crippen molar-refractivity contribution in [1.29, 1.82) is 0 Å². The average molecular weight is 432 g/mol. The van der Waals surface area contributed by atoms with Crippen LogP contribution >= 0.6 is 15.9 Å².